The minimum Gasteiger partial charge on any atom is -0.342 e. The fourth-order valence-corrected chi connectivity index (χ4v) is 2.75. The number of amides is 2. The lowest BCUT2D eigenvalue weighted by molar-refractivity contribution is -0.134. The molecule has 0 aliphatic carbocycles. The van der Waals surface area contributed by atoms with Crippen molar-refractivity contribution in [3.8, 4) is 0 Å². The molecule has 1 aliphatic heterocycles. The van der Waals surface area contributed by atoms with Gasteiger partial charge in [0.1, 0.15) is 0 Å². The lowest BCUT2D eigenvalue weighted by atomic mass is 10.1. The van der Waals surface area contributed by atoms with Crippen LogP contribution in [0, 0.1) is 0 Å². The molecule has 0 saturated carbocycles. The van der Waals surface area contributed by atoms with Crippen LogP contribution in [0.4, 0.5) is 0 Å². The fraction of sp³-hybridized carbons (Fsp3) is 0.500. The van der Waals surface area contributed by atoms with Crippen molar-refractivity contribution in [2.24, 2.45) is 5.10 Å². The van der Waals surface area contributed by atoms with E-state index in [-0.39, 0.29) is 24.9 Å². The van der Waals surface area contributed by atoms with Crippen molar-refractivity contribution in [2.75, 3.05) is 39.8 Å². The van der Waals surface area contributed by atoms with Crippen LogP contribution in [0.2, 0.25) is 0 Å². The van der Waals surface area contributed by atoms with Crippen LogP contribution >= 0.6 is 0 Å². The number of carbonyl (C=O) groups is 2. The first-order valence-electron chi connectivity index (χ1n) is 8.44. The van der Waals surface area contributed by atoms with Gasteiger partial charge in [-0.15, -0.1) is 0 Å². The van der Waals surface area contributed by atoms with Gasteiger partial charge in [0.2, 0.25) is 5.91 Å². The van der Waals surface area contributed by atoms with E-state index in [1.54, 1.807) is 16.8 Å². The molecule has 0 radical (unpaired) electrons. The number of rotatable bonds is 7. The number of hydrazone groups is 1. The number of hydrogen-bond acceptors (Lipinski definition) is 4. The fourth-order valence-electron chi connectivity index (χ4n) is 2.75. The molecule has 0 spiro atoms. The Morgan fingerprint density at radius 3 is 2.42 bits per heavy atom. The van der Waals surface area contributed by atoms with Gasteiger partial charge in [0.05, 0.1) is 25.3 Å². The Balaban J connectivity index is 1.89. The van der Waals surface area contributed by atoms with Crippen LogP contribution in [0.25, 0.3) is 0 Å². The van der Waals surface area contributed by atoms with E-state index in [4.69, 9.17) is 0 Å². The van der Waals surface area contributed by atoms with Gasteiger partial charge in [0.25, 0.3) is 5.91 Å². The average molecular weight is 330 g/mol. The first kappa shape index (κ1) is 18.1. The van der Waals surface area contributed by atoms with Gasteiger partial charge in [-0.1, -0.05) is 30.3 Å². The van der Waals surface area contributed by atoms with Crippen molar-refractivity contribution < 1.29 is 9.59 Å². The molecular weight excluding hydrogens is 304 g/mol. The topological polar surface area (TPSA) is 56.2 Å². The smallest absolute Gasteiger partial charge is 0.256 e. The minimum absolute atomic E-state index is 0.0465. The summed E-state index contributed by atoms with van der Waals surface area (Å²) in [5, 5.41) is 5.95. The van der Waals surface area contributed by atoms with Crippen LogP contribution in [0.15, 0.2) is 35.4 Å². The maximum absolute atomic E-state index is 12.4. The Hall–Kier alpha value is -2.21. The number of hydrogen-bond donors (Lipinski definition) is 0. The summed E-state index contributed by atoms with van der Waals surface area (Å²) in [7, 11) is 1.79. The predicted octanol–water partition coefficient (Wildman–Crippen LogP) is 1.42. The minimum atomic E-state index is -0.0734. The lowest BCUT2D eigenvalue weighted by Crippen LogP contribution is -2.42. The molecule has 0 saturated heterocycles. The summed E-state index contributed by atoms with van der Waals surface area (Å²) in [5.74, 6) is -0.0269. The van der Waals surface area contributed by atoms with Gasteiger partial charge in [0, 0.05) is 19.5 Å². The normalized spacial score (nSPS) is 14.0. The molecule has 1 aromatic rings. The maximum atomic E-state index is 12.4. The van der Waals surface area contributed by atoms with Crippen LogP contribution in [0.1, 0.15) is 25.8 Å². The predicted molar refractivity (Wildman–Crippen MR) is 94.7 cm³/mol. The molecule has 1 heterocycles. The van der Waals surface area contributed by atoms with E-state index in [2.05, 4.69) is 5.10 Å². The summed E-state index contributed by atoms with van der Waals surface area (Å²) in [6, 6.07) is 9.90. The molecular formula is C18H26N4O2. The SMILES string of the molecule is CCN(CC)C(=O)CN(C)CC(=O)N1CCC(c2ccccc2)=N1. The van der Waals surface area contributed by atoms with Gasteiger partial charge in [-0.25, -0.2) is 5.01 Å². The Kier molecular flexibility index (Phi) is 6.49. The second kappa shape index (κ2) is 8.59. The Labute approximate surface area is 143 Å². The zero-order chi connectivity index (χ0) is 17.5. The number of likely N-dealkylation sites (N-methyl/N-ethyl adjacent to an activating group) is 2. The molecule has 6 nitrogen and oxygen atoms in total. The van der Waals surface area contributed by atoms with E-state index < -0.39 is 0 Å². The summed E-state index contributed by atoms with van der Waals surface area (Å²) in [6.07, 6.45) is 0.762. The molecule has 0 N–H and O–H groups in total. The van der Waals surface area contributed by atoms with Crippen molar-refractivity contribution in [3.05, 3.63) is 35.9 Å². The van der Waals surface area contributed by atoms with Gasteiger partial charge >= 0.3 is 0 Å². The Bertz CT molecular complexity index is 596. The molecule has 24 heavy (non-hydrogen) atoms. The highest BCUT2D eigenvalue weighted by Crippen LogP contribution is 2.13. The first-order valence-corrected chi connectivity index (χ1v) is 8.44. The third kappa shape index (κ3) is 4.64. The van der Waals surface area contributed by atoms with Crippen molar-refractivity contribution in [1.29, 1.82) is 0 Å². The van der Waals surface area contributed by atoms with Crippen molar-refractivity contribution in [1.82, 2.24) is 14.8 Å². The van der Waals surface area contributed by atoms with E-state index in [0.717, 1.165) is 17.7 Å². The van der Waals surface area contributed by atoms with Crippen molar-refractivity contribution in [3.63, 3.8) is 0 Å². The van der Waals surface area contributed by atoms with E-state index in [1.165, 1.54) is 5.01 Å². The number of nitrogens with zero attached hydrogens (tertiary/aromatic N) is 4. The number of carbonyl (C=O) groups excluding carboxylic acids is 2. The molecule has 1 aromatic carbocycles. The Morgan fingerprint density at radius 1 is 1.12 bits per heavy atom. The molecule has 0 fully saturated rings. The summed E-state index contributed by atoms with van der Waals surface area (Å²) >= 11 is 0. The van der Waals surface area contributed by atoms with Crippen molar-refractivity contribution >= 4 is 17.5 Å². The summed E-state index contributed by atoms with van der Waals surface area (Å²) in [4.78, 5) is 28.0. The van der Waals surface area contributed by atoms with E-state index in [9.17, 15) is 9.59 Å². The van der Waals surface area contributed by atoms with Gasteiger partial charge < -0.3 is 4.90 Å². The molecule has 0 atom stereocenters. The van der Waals surface area contributed by atoms with Crippen LogP contribution in [0.5, 0.6) is 0 Å². The van der Waals surface area contributed by atoms with Crippen LogP contribution in [0.3, 0.4) is 0 Å². The highest BCUT2D eigenvalue weighted by atomic mass is 16.2. The molecule has 130 valence electrons. The van der Waals surface area contributed by atoms with Gasteiger partial charge in [-0.05, 0) is 26.5 Å². The zero-order valence-electron chi connectivity index (χ0n) is 14.7. The second-order valence-corrected chi connectivity index (χ2v) is 5.92. The first-order chi connectivity index (χ1) is 11.5. The maximum Gasteiger partial charge on any atom is 0.256 e. The molecule has 0 aromatic heterocycles. The molecule has 0 bridgehead atoms. The largest absolute Gasteiger partial charge is 0.342 e. The van der Waals surface area contributed by atoms with Crippen LogP contribution in [-0.4, -0.2) is 72.1 Å². The third-order valence-corrected chi connectivity index (χ3v) is 4.12. The highest BCUT2D eigenvalue weighted by Gasteiger charge is 2.23. The van der Waals surface area contributed by atoms with Crippen molar-refractivity contribution in [2.45, 2.75) is 20.3 Å². The summed E-state index contributed by atoms with van der Waals surface area (Å²) < 4.78 is 0. The van der Waals surface area contributed by atoms with Gasteiger partial charge in [-0.3, -0.25) is 14.5 Å². The summed E-state index contributed by atoms with van der Waals surface area (Å²) in [5.41, 5.74) is 1.99. The molecule has 0 unspecified atom stereocenters. The standard InChI is InChI=1S/C18H26N4O2/c1-4-21(5-2)17(23)13-20(3)14-18(24)22-12-11-16(19-22)15-9-7-6-8-10-15/h6-10H,4-5,11-14H2,1-3H3. The molecule has 6 heteroatoms. The summed E-state index contributed by atoms with van der Waals surface area (Å²) in [6.45, 7) is 6.32. The molecule has 1 aliphatic rings. The quantitative estimate of drug-likeness (QED) is 0.760. The van der Waals surface area contributed by atoms with Gasteiger partial charge in [0.15, 0.2) is 0 Å². The van der Waals surface area contributed by atoms with E-state index in [1.807, 2.05) is 44.2 Å². The molecule has 2 amide bonds. The van der Waals surface area contributed by atoms with Crippen LogP contribution < -0.4 is 0 Å². The lowest BCUT2D eigenvalue weighted by Gasteiger charge is -2.23. The zero-order valence-corrected chi connectivity index (χ0v) is 14.7. The van der Waals surface area contributed by atoms with Crippen LogP contribution in [-0.2, 0) is 9.59 Å². The molecule has 2 rings (SSSR count). The Morgan fingerprint density at radius 2 is 1.79 bits per heavy atom. The number of benzene rings is 1. The van der Waals surface area contributed by atoms with E-state index in [0.29, 0.717) is 19.6 Å². The van der Waals surface area contributed by atoms with Gasteiger partial charge in [-0.2, -0.15) is 5.10 Å². The third-order valence-electron chi connectivity index (χ3n) is 4.12. The highest BCUT2D eigenvalue weighted by molar-refractivity contribution is 6.02. The van der Waals surface area contributed by atoms with E-state index >= 15 is 0 Å². The monoisotopic (exact) mass is 330 g/mol. The average Bonchev–Trinajstić information content (AvgIpc) is 3.06. The second-order valence-electron chi connectivity index (χ2n) is 5.92.